The van der Waals surface area contributed by atoms with Crippen LogP contribution in [0.4, 0.5) is 11.6 Å². The molecule has 3 heterocycles. The zero-order valence-corrected chi connectivity index (χ0v) is 14.3. The molecule has 1 aromatic heterocycles. The van der Waals surface area contributed by atoms with E-state index < -0.39 is 11.4 Å². The van der Waals surface area contributed by atoms with E-state index in [-0.39, 0.29) is 5.92 Å². The van der Waals surface area contributed by atoms with E-state index in [1.54, 1.807) is 6.33 Å². The van der Waals surface area contributed by atoms with E-state index in [9.17, 15) is 9.90 Å². The van der Waals surface area contributed by atoms with Gasteiger partial charge in [-0.3, -0.25) is 4.79 Å². The number of rotatable bonds is 3. The molecule has 2 aliphatic heterocycles. The summed E-state index contributed by atoms with van der Waals surface area (Å²) in [6.45, 7) is 5.76. The number of fused-ring (bicyclic) bond motifs is 1. The Bertz CT molecular complexity index is 637. The Kier molecular flexibility index (Phi) is 3.85. The summed E-state index contributed by atoms with van der Waals surface area (Å²) in [5, 5.41) is 9.76. The van der Waals surface area contributed by atoms with Crippen LogP contribution in [0, 0.1) is 17.3 Å². The second-order valence-electron chi connectivity index (χ2n) is 7.86. The highest BCUT2D eigenvalue weighted by Crippen LogP contribution is 2.49. The van der Waals surface area contributed by atoms with Crippen molar-refractivity contribution in [2.24, 2.45) is 17.3 Å². The Labute approximate surface area is 142 Å². The van der Waals surface area contributed by atoms with Crippen LogP contribution in [-0.2, 0) is 4.79 Å². The van der Waals surface area contributed by atoms with Crippen molar-refractivity contribution >= 4 is 17.6 Å². The van der Waals surface area contributed by atoms with Gasteiger partial charge in [-0.05, 0) is 37.5 Å². The molecule has 6 nitrogen and oxygen atoms in total. The fourth-order valence-corrected chi connectivity index (χ4v) is 4.89. The van der Waals surface area contributed by atoms with Crippen LogP contribution in [0.5, 0.6) is 0 Å². The molecular formula is C18H26N4O2. The molecule has 2 saturated heterocycles. The number of aliphatic carboxylic acids is 1. The lowest BCUT2D eigenvalue weighted by Crippen LogP contribution is -2.36. The number of hydrogen-bond donors (Lipinski definition) is 1. The molecule has 0 bridgehead atoms. The standard InChI is InChI=1S/C18H26N4O2/c1-13-4-3-7-21(9-13)15-8-16(20-12-19-15)22-10-14-5-2-6-18(14,11-22)17(23)24/h8,12-14H,2-7,9-11H2,1H3,(H,23,24)/t13?,14-,18+/m0/s1. The number of aromatic nitrogens is 2. The molecule has 1 aromatic rings. The second-order valence-corrected chi connectivity index (χ2v) is 7.86. The third-order valence-electron chi connectivity index (χ3n) is 6.24. The summed E-state index contributed by atoms with van der Waals surface area (Å²) in [5.74, 6) is 2.18. The molecule has 0 radical (unpaired) electrons. The summed E-state index contributed by atoms with van der Waals surface area (Å²) in [6, 6.07) is 2.05. The zero-order chi connectivity index (χ0) is 16.7. The zero-order valence-electron chi connectivity index (χ0n) is 14.3. The van der Waals surface area contributed by atoms with Crippen LogP contribution in [0.1, 0.15) is 39.0 Å². The highest BCUT2D eigenvalue weighted by atomic mass is 16.4. The van der Waals surface area contributed by atoms with E-state index >= 15 is 0 Å². The molecule has 0 spiro atoms. The minimum Gasteiger partial charge on any atom is -0.481 e. The third kappa shape index (κ3) is 2.52. The van der Waals surface area contributed by atoms with E-state index in [4.69, 9.17) is 0 Å². The number of nitrogens with zero attached hydrogens (tertiary/aromatic N) is 4. The van der Waals surface area contributed by atoms with E-state index in [0.717, 1.165) is 50.5 Å². The molecule has 3 fully saturated rings. The van der Waals surface area contributed by atoms with Gasteiger partial charge in [0.05, 0.1) is 5.41 Å². The number of carboxylic acid groups (broad SMARTS) is 1. The van der Waals surface area contributed by atoms with Crippen molar-refractivity contribution in [1.82, 2.24) is 9.97 Å². The van der Waals surface area contributed by atoms with Crippen molar-refractivity contribution in [2.75, 3.05) is 36.0 Å². The minimum absolute atomic E-state index is 0.253. The van der Waals surface area contributed by atoms with Gasteiger partial charge in [-0.2, -0.15) is 0 Å². The van der Waals surface area contributed by atoms with Crippen molar-refractivity contribution in [3.05, 3.63) is 12.4 Å². The van der Waals surface area contributed by atoms with Crippen molar-refractivity contribution in [3.63, 3.8) is 0 Å². The van der Waals surface area contributed by atoms with Crippen molar-refractivity contribution in [2.45, 2.75) is 39.0 Å². The van der Waals surface area contributed by atoms with E-state index in [1.807, 2.05) is 0 Å². The monoisotopic (exact) mass is 330 g/mol. The Morgan fingerprint density at radius 3 is 2.71 bits per heavy atom. The van der Waals surface area contributed by atoms with E-state index in [0.29, 0.717) is 12.5 Å². The van der Waals surface area contributed by atoms with Crippen LogP contribution < -0.4 is 9.80 Å². The predicted octanol–water partition coefficient (Wildman–Crippen LogP) is 2.40. The van der Waals surface area contributed by atoms with Gasteiger partial charge in [-0.25, -0.2) is 9.97 Å². The molecule has 4 rings (SSSR count). The average molecular weight is 330 g/mol. The predicted molar refractivity (Wildman–Crippen MR) is 92.3 cm³/mol. The van der Waals surface area contributed by atoms with Crippen LogP contribution in [0.15, 0.2) is 12.4 Å². The number of hydrogen-bond acceptors (Lipinski definition) is 5. The first-order chi connectivity index (χ1) is 11.6. The summed E-state index contributed by atoms with van der Waals surface area (Å²) in [7, 11) is 0. The van der Waals surface area contributed by atoms with Gasteiger partial charge >= 0.3 is 5.97 Å². The van der Waals surface area contributed by atoms with Crippen LogP contribution >= 0.6 is 0 Å². The van der Waals surface area contributed by atoms with Gasteiger partial charge in [-0.1, -0.05) is 13.3 Å². The van der Waals surface area contributed by atoms with Crippen LogP contribution in [0.25, 0.3) is 0 Å². The van der Waals surface area contributed by atoms with Crippen molar-refractivity contribution in [1.29, 1.82) is 0 Å². The molecule has 1 saturated carbocycles. The minimum atomic E-state index is -0.633. The molecule has 0 amide bonds. The van der Waals surface area contributed by atoms with Crippen molar-refractivity contribution < 1.29 is 9.90 Å². The fourth-order valence-electron chi connectivity index (χ4n) is 4.89. The molecular weight excluding hydrogens is 304 g/mol. The largest absolute Gasteiger partial charge is 0.481 e. The van der Waals surface area contributed by atoms with Gasteiger partial charge in [0, 0.05) is 32.2 Å². The van der Waals surface area contributed by atoms with Gasteiger partial charge < -0.3 is 14.9 Å². The molecule has 130 valence electrons. The quantitative estimate of drug-likeness (QED) is 0.918. The lowest BCUT2D eigenvalue weighted by molar-refractivity contribution is -0.149. The average Bonchev–Trinajstić information content (AvgIpc) is 3.13. The maximum Gasteiger partial charge on any atom is 0.311 e. The maximum absolute atomic E-state index is 11.9. The van der Waals surface area contributed by atoms with Gasteiger partial charge in [-0.15, -0.1) is 0 Å². The number of carbonyl (C=O) groups is 1. The fraction of sp³-hybridized carbons (Fsp3) is 0.722. The number of anilines is 2. The molecule has 3 atom stereocenters. The summed E-state index contributed by atoms with van der Waals surface area (Å²) in [6.07, 6.45) is 6.96. The van der Waals surface area contributed by atoms with Gasteiger partial charge in [0.25, 0.3) is 0 Å². The van der Waals surface area contributed by atoms with Gasteiger partial charge in [0.1, 0.15) is 18.0 Å². The van der Waals surface area contributed by atoms with Crippen molar-refractivity contribution in [3.8, 4) is 0 Å². The van der Waals surface area contributed by atoms with Gasteiger partial charge in [0.15, 0.2) is 0 Å². The molecule has 1 unspecified atom stereocenters. The van der Waals surface area contributed by atoms with Crippen LogP contribution in [0.2, 0.25) is 0 Å². The first kappa shape index (κ1) is 15.7. The molecule has 0 aromatic carbocycles. The molecule has 1 aliphatic carbocycles. The molecule has 24 heavy (non-hydrogen) atoms. The van der Waals surface area contributed by atoms with Crippen LogP contribution in [0.3, 0.4) is 0 Å². The molecule has 3 aliphatic rings. The highest BCUT2D eigenvalue weighted by molar-refractivity contribution is 5.78. The number of carboxylic acids is 1. The Balaban J connectivity index is 1.55. The van der Waals surface area contributed by atoms with E-state index in [2.05, 4.69) is 32.8 Å². The number of piperidine rings is 1. The molecule has 6 heteroatoms. The molecule has 1 N–H and O–H groups in total. The maximum atomic E-state index is 11.9. The highest BCUT2D eigenvalue weighted by Gasteiger charge is 2.55. The summed E-state index contributed by atoms with van der Waals surface area (Å²) in [5.41, 5.74) is -0.565. The lowest BCUT2D eigenvalue weighted by atomic mass is 9.81. The first-order valence-electron chi connectivity index (χ1n) is 9.14. The Hall–Kier alpha value is -1.85. The Morgan fingerprint density at radius 1 is 1.21 bits per heavy atom. The smallest absolute Gasteiger partial charge is 0.311 e. The van der Waals surface area contributed by atoms with E-state index in [1.165, 1.54) is 12.8 Å². The Morgan fingerprint density at radius 2 is 2.00 bits per heavy atom. The second kappa shape index (κ2) is 5.90. The third-order valence-corrected chi connectivity index (χ3v) is 6.24. The summed E-state index contributed by atoms with van der Waals surface area (Å²) in [4.78, 5) is 25.3. The topological polar surface area (TPSA) is 69.6 Å². The van der Waals surface area contributed by atoms with Gasteiger partial charge in [0.2, 0.25) is 0 Å². The SMILES string of the molecule is CC1CCCN(c2cc(N3C[C@@H]4CCC[C@@]4(C(=O)O)C3)ncn2)C1. The summed E-state index contributed by atoms with van der Waals surface area (Å²) >= 11 is 0. The normalized spacial score (nSPS) is 32.9. The van der Waals surface area contributed by atoms with Crippen LogP contribution in [-0.4, -0.2) is 47.2 Å². The first-order valence-corrected chi connectivity index (χ1v) is 9.14. The lowest BCUT2D eigenvalue weighted by Gasteiger charge is -2.32. The summed E-state index contributed by atoms with van der Waals surface area (Å²) < 4.78 is 0.